The molecule has 1 unspecified atom stereocenters. The molecule has 0 saturated carbocycles. The van der Waals surface area contributed by atoms with E-state index >= 15 is 0 Å². The lowest BCUT2D eigenvalue weighted by molar-refractivity contribution is 0.277. The molecule has 156 valence electrons. The van der Waals surface area contributed by atoms with Crippen LogP contribution < -0.4 is 10.9 Å². The predicted octanol–water partition coefficient (Wildman–Crippen LogP) is 4.17. The number of anilines is 1. The SMILES string of the molecule is CCn1ncc2c3c(C(CO)Nc4ccc(Cl)nc4Br)cc(C)cc3c(=O)n(C)c21. The number of pyridine rings is 2. The van der Waals surface area contributed by atoms with E-state index in [9.17, 15) is 9.90 Å². The third kappa shape index (κ3) is 3.38. The van der Waals surface area contributed by atoms with Gasteiger partial charge in [0.1, 0.15) is 15.4 Å². The number of aliphatic hydroxyl groups excluding tert-OH is 1. The Bertz CT molecular complexity index is 1330. The zero-order valence-electron chi connectivity index (χ0n) is 16.8. The number of nitrogens with zero attached hydrogens (tertiary/aromatic N) is 4. The number of aromatic nitrogens is 4. The first kappa shape index (κ1) is 20.8. The first-order valence-corrected chi connectivity index (χ1v) is 10.7. The van der Waals surface area contributed by atoms with Crippen molar-refractivity contribution in [3.8, 4) is 0 Å². The van der Waals surface area contributed by atoms with Crippen molar-refractivity contribution < 1.29 is 5.11 Å². The molecule has 3 heterocycles. The van der Waals surface area contributed by atoms with Gasteiger partial charge >= 0.3 is 0 Å². The van der Waals surface area contributed by atoms with Gasteiger partial charge < -0.3 is 10.4 Å². The normalized spacial score (nSPS) is 12.6. The Morgan fingerprint density at radius 3 is 2.73 bits per heavy atom. The number of hydrogen-bond acceptors (Lipinski definition) is 5. The third-order valence-corrected chi connectivity index (χ3v) is 6.06. The van der Waals surface area contributed by atoms with Gasteiger partial charge in [0.05, 0.1) is 24.5 Å². The Balaban J connectivity index is 2.00. The van der Waals surface area contributed by atoms with Crippen LogP contribution in [0.2, 0.25) is 5.15 Å². The van der Waals surface area contributed by atoms with Crippen molar-refractivity contribution in [2.75, 3.05) is 11.9 Å². The molecule has 0 aliphatic carbocycles. The summed E-state index contributed by atoms with van der Waals surface area (Å²) in [6.07, 6.45) is 1.79. The minimum Gasteiger partial charge on any atom is -0.394 e. The molecule has 30 heavy (non-hydrogen) atoms. The van der Waals surface area contributed by atoms with E-state index in [2.05, 4.69) is 31.3 Å². The highest BCUT2D eigenvalue weighted by atomic mass is 79.9. The van der Waals surface area contributed by atoms with Crippen molar-refractivity contribution in [3.05, 3.63) is 61.7 Å². The van der Waals surface area contributed by atoms with E-state index < -0.39 is 6.04 Å². The summed E-state index contributed by atoms with van der Waals surface area (Å²) in [6.45, 7) is 4.40. The van der Waals surface area contributed by atoms with Gasteiger partial charge in [0, 0.05) is 29.8 Å². The van der Waals surface area contributed by atoms with Crippen molar-refractivity contribution in [2.24, 2.45) is 7.05 Å². The van der Waals surface area contributed by atoms with Crippen molar-refractivity contribution in [2.45, 2.75) is 26.4 Å². The summed E-state index contributed by atoms with van der Waals surface area (Å²) in [7, 11) is 1.76. The number of fused-ring (bicyclic) bond motifs is 3. The second-order valence-corrected chi connectivity index (χ2v) is 8.33. The lowest BCUT2D eigenvalue weighted by atomic mass is 9.95. The third-order valence-electron chi connectivity index (χ3n) is 5.25. The molecule has 0 radical (unpaired) electrons. The fraction of sp³-hybridized carbons (Fsp3) is 0.286. The van der Waals surface area contributed by atoms with Crippen LogP contribution in [0.4, 0.5) is 5.69 Å². The van der Waals surface area contributed by atoms with E-state index in [1.165, 1.54) is 0 Å². The molecule has 1 aromatic carbocycles. The summed E-state index contributed by atoms with van der Waals surface area (Å²) in [5.74, 6) is 0. The van der Waals surface area contributed by atoms with Gasteiger partial charge in [-0.2, -0.15) is 5.10 Å². The Morgan fingerprint density at radius 1 is 1.30 bits per heavy atom. The molecule has 3 aromatic heterocycles. The summed E-state index contributed by atoms with van der Waals surface area (Å²) >= 11 is 9.36. The molecular formula is C21H21BrClN5O2. The standard InChI is InChI=1S/C21H21BrClN5O2/c1-4-28-20-14(9-24-28)18-12(7-11(2)8-13(18)21(30)27(20)3)16(10-29)25-15-5-6-17(23)26-19(15)22/h5-9,16,25,29H,4,10H2,1-3H3. The maximum atomic E-state index is 13.2. The summed E-state index contributed by atoms with van der Waals surface area (Å²) in [6, 6.07) is 6.89. The van der Waals surface area contributed by atoms with Crippen LogP contribution in [-0.4, -0.2) is 31.0 Å². The van der Waals surface area contributed by atoms with Crippen LogP contribution in [0.25, 0.3) is 21.8 Å². The topological polar surface area (TPSA) is 85.0 Å². The lowest BCUT2D eigenvalue weighted by Crippen LogP contribution is -2.22. The van der Waals surface area contributed by atoms with Crippen LogP contribution in [0, 0.1) is 6.92 Å². The summed E-state index contributed by atoms with van der Waals surface area (Å²) in [5.41, 5.74) is 3.12. The summed E-state index contributed by atoms with van der Waals surface area (Å²) < 4.78 is 3.99. The van der Waals surface area contributed by atoms with E-state index in [4.69, 9.17) is 11.6 Å². The van der Waals surface area contributed by atoms with Gasteiger partial charge in [-0.25, -0.2) is 9.67 Å². The maximum Gasteiger partial charge on any atom is 0.259 e. The van der Waals surface area contributed by atoms with Crippen LogP contribution in [-0.2, 0) is 13.6 Å². The van der Waals surface area contributed by atoms with E-state index in [1.807, 2.05) is 26.0 Å². The molecule has 0 aliphatic rings. The smallest absolute Gasteiger partial charge is 0.259 e. The number of benzene rings is 1. The Hall–Kier alpha value is -2.42. The summed E-state index contributed by atoms with van der Waals surface area (Å²) in [5, 5.41) is 20.7. The van der Waals surface area contributed by atoms with E-state index in [0.717, 1.165) is 27.5 Å². The first-order chi connectivity index (χ1) is 14.3. The van der Waals surface area contributed by atoms with E-state index in [-0.39, 0.29) is 12.2 Å². The average Bonchev–Trinajstić information content (AvgIpc) is 3.15. The monoisotopic (exact) mass is 489 g/mol. The van der Waals surface area contributed by atoms with Crippen molar-refractivity contribution in [1.82, 2.24) is 19.3 Å². The zero-order chi connectivity index (χ0) is 21.6. The second kappa shape index (κ2) is 8.02. The number of hydrogen-bond donors (Lipinski definition) is 2. The molecule has 0 fully saturated rings. The number of halogens is 2. The van der Waals surface area contributed by atoms with Crippen molar-refractivity contribution >= 4 is 55.0 Å². The van der Waals surface area contributed by atoms with Crippen LogP contribution in [0.5, 0.6) is 0 Å². The van der Waals surface area contributed by atoms with Gasteiger partial charge in [0.15, 0.2) is 0 Å². The highest BCUT2D eigenvalue weighted by molar-refractivity contribution is 9.10. The quantitative estimate of drug-likeness (QED) is 0.410. The molecule has 9 heteroatoms. The highest BCUT2D eigenvalue weighted by Gasteiger charge is 2.21. The predicted molar refractivity (Wildman–Crippen MR) is 123 cm³/mol. The Kier molecular flexibility index (Phi) is 5.57. The first-order valence-electron chi connectivity index (χ1n) is 9.53. The van der Waals surface area contributed by atoms with Gasteiger partial charge in [0.2, 0.25) is 0 Å². The summed E-state index contributed by atoms with van der Waals surface area (Å²) in [4.78, 5) is 17.4. The molecule has 7 nitrogen and oxygen atoms in total. The van der Waals surface area contributed by atoms with Gasteiger partial charge in [-0.15, -0.1) is 0 Å². The van der Waals surface area contributed by atoms with E-state index in [1.54, 1.807) is 34.6 Å². The number of rotatable bonds is 5. The molecule has 1 atom stereocenters. The van der Waals surface area contributed by atoms with Gasteiger partial charge in [-0.1, -0.05) is 17.7 Å². The molecule has 0 aliphatic heterocycles. The van der Waals surface area contributed by atoms with Crippen molar-refractivity contribution in [1.29, 1.82) is 0 Å². The molecule has 0 saturated heterocycles. The van der Waals surface area contributed by atoms with Crippen LogP contribution >= 0.6 is 27.5 Å². The molecule has 0 amide bonds. The second-order valence-electron chi connectivity index (χ2n) is 7.19. The number of nitrogens with one attached hydrogen (secondary N) is 1. The largest absolute Gasteiger partial charge is 0.394 e. The molecular weight excluding hydrogens is 470 g/mol. The average molecular weight is 491 g/mol. The van der Waals surface area contributed by atoms with Crippen LogP contribution in [0.3, 0.4) is 0 Å². The van der Waals surface area contributed by atoms with E-state index in [0.29, 0.717) is 27.4 Å². The van der Waals surface area contributed by atoms with Crippen LogP contribution in [0.1, 0.15) is 24.1 Å². The Morgan fingerprint density at radius 2 is 2.07 bits per heavy atom. The maximum absolute atomic E-state index is 13.2. The fourth-order valence-electron chi connectivity index (χ4n) is 3.91. The molecule has 4 rings (SSSR count). The molecule has 4 aromatic rings. The zero-order valence-corrected chi connectivity index (χ0v) is 19.1. The van der Waals surface area contributed by atoms with Crippen LogP contribution in [0.15, 0.2) is 39.9 Å². The molecule has 0 spiro atoms. The molecule has 0 bridgehead atoms. The highest BCUT2D eigenvalue weighted by Crippen LogP contribution is 2.33. The lowest BCUT2D eigenvalue weighted by Gasteiger charge is -2.22. The Labute approximate surface area is 186 Å². The van der Waals surface area contributed by atoms with Gasteiger partial charge in [-0.3, -0.25) is 9.36 Å². The minimum absolute atomic E-state index is 0.0938. The number of aliphatic hydroxyl groups is 1. The van der Waals surface area contributed by atoms with Gasteiger partial charge in [0.25, 0.3) is 5.56 Å². The van der Waals surface area contributed by atoms with Gasteiger partial charge in [-0.05, 0) is 59.1 Å². The van der Waals surface area contributed by atoms with Crippen molar-refractivity contribution in [3.63, 3.8) is 0 Å². The number of aryl methyl sites for hydroxylation is 3. The molecule has 2 N–H and O–H groups in total. The fourth-order valence-corrected chi connectivity index (χ4v) is 4.59. The minimum atomic E-state index is -0.466.